The summed E-state index contributed by atoms with van der Waals surface area (Å²) in [6, 6.07) is 0. The number of carbonyl (C=O) groups excluding carboxylic acids is 2. The Morgan fingerprint density at radius 2 is 1.92 bits per heavy atom. The minimum atomic E-state index is -0.512. The van der Waals surface area contributed by atoms with Gasteiger partial charge >= 0.3 is 0 Å². The van der Waals surface area contributed by atoms with Gasteiger partial charge in [0.1, 0.15) is 0 Å². The molecule has 0 aliphatic heterocycles. The summed E-state index contributed by atoms with van der Waals surface area (Å²) in [7, 11) is 0. The summed E-state index contributed by atoms with van der Waals surface area (Å²) in [5.41, 5.74) is 0.460. The largest absolute Gasteiger partial charge is 0.504 e. The van der Waals surface area contributed by atoms with Crippen LogP contribution in [0.2, 0.25) is 0 Å². The zero-order chi connectivity index (χ0) is 19.1. The van der Waals surface area contributed by atoms with Crippen LogP contribution in [0.25, 0.3) is 0 Å². The molecule has 4 heteroatoms. The van der Waals surface area contributed by atoms with Gasteiger partial charge in [0.15, 0.2) is 11.5 Å². The van der Waals surface area contributed by atoms with Crippen molar-refractivity contribution in [1.82, 2.24) is 0 Å². The summed E-state index contributed by atoms with van der Waals surface area (Å²) in [5, 5.41) is 10.4. The first kappa shape index (κ1) is 19.2. The summed E-state index contributed by atoms with van der Waals surface area (Å²) in [6.45, 7) is 9.04. The number of fused-ring (bicyclic) bond motifs is 1. The van der Waals surface area contributed by atoms with Gasteiger partial charge in [-0.3, -0.25) is 9.59 Å². The average molecular weight is 360 g/mol. The van der Waals surface area contributed by atoms with E-state index < -0.39 is 5.78 Å². The van der Waals surface area contributed by atoms with Gasteiger partial charge in [-0.05, 0) is 61.7 Å². The summed E-state index contributed by atoms with van der Waals surface area (Å²) >= 11 is 0. The molecule has 4 atom stereocenters. The molecule has 2 saturated carbocycles. The number of ether oxygens (including phenoxy) is 1. The lowest BCUT2D eigenvalue weighted by molar-refractivity contribution is -0.121. The Hall–Kier alpha value is -1.58. The fourth-order valence-electron chi connectivity index (χ4n) is 5.81. The van der Waals surface area contributed by atoms with Gasteiger partial charge < -0.3 is 9.84 Å². The molecule has 0 saturated heterocycles. The van der Waals surface area contributed by atoms with E-state index in [2.05, 4.69) is 20.8 Å². The second kappa shape index (κ2) is 6.86. The number of ketones is 2. The molecule has 1 N–H and O–H groups in total. The van der Waals surface area contributed by atoms with Crippen LogP contribution in [-0.2, 0) is 14.3 Å². The van der Waals surface area contributed by atoms with E-state index in [4.69, 9.17) is 4.74 Å². The van der Waals surface area contributed by atoms with Gasteiger partial charge in [-0.25, -0.2) is 0 Å². The summed E-state index contributed by atoms with van der Waals surface area (Å²) < 4.78 is 5.36. The third-order valence-electron chi connectivity index (χ3n) is 7.54. The molecule has 3 aliphatic carbocycles. The van der Waals surface area contributed by atoms with E-state index in [1.54, 1.807) is 6.92 Å². The van der Waals surface area contributed by atoms with Gasteiger partial charge in [0.05, 0.1) is 6.61 Å². The van der Waals surface area contributed by atoms with Gasteiger partial charge in [0, 0.05) is 11.6 Å². The lowest BCUT2D eigenvalue weighted by Crippen LogP contribution is -2.50. The van der Waals surface area contributed by atoms with Crippen molar-refractivity contribution in [3.8, 4) is 0 Å². The molecule has 0 bridgehead atoms. The van der Waals surface area contributed by atoms with Crippen molar-refractivity contribution in [2.75, 3.05) is 6.61 Å². The van der Waals surface area contributed by atoms with Crippen LogP contribution in [0.3, 0.4) is 0 Å². The third kappa shape index (κ3) is 3.01. The van der Waals surface area contributed by atoms with Gasteiger partial charge in [-0.1, -0.05) is 33.6 Å². The summed E-state index contributed by atoms with van der Waals surface area (Å²) in [6.07, 6.45) is 8.86. The van der Waals surface area contributed by atoms with Gasteiger partial charge in [-0.2, -0.15) is 0 Å². The third-order valence-corrected chi connectivity index (χ3v) is 7.54. The maximum Gasteiger partial charge on any atom is 0.227 e. The Morgan fingerprint density at radius 3 is 2.62 bits per heavy atom. The fraction of sp³-hybridized carbons (Fsp3) is 0.727. The highest BCUT2D eigenvalue weighted by molar-refractivity contribution is 6.20. The molecule has 0 spiro atoms. The van der Waals surface area contributed by atoms with Crippen molar-refractivity contribution in [1.29, 1.82) is 0 Å². The first-order valence-corrected chi connectivity index (χ1v) is 10.1. The Bertz CT molecular complexity index is 674. The number of hydrogen-bond acceptors (Lipinski definition) is 4. The minimum absolute atomic E-state index is 0.0729. The maximum atomic E-state index is 12.9. The Morgan fingerprint density at radius 1 is 1.19 bits per heavy atom. The summed E-state index contributed by atoms with van der Waals surface area (Å²) in [5.74, 6) is -0.179. The molecule has 2 fully saturated rings. The predicted molar refractivity (Wildman–Crippen MR) is 101 cm³/mol. The highest BCUT2D eigenvalue weighted by Crippen LogP contribution is 2.61. The first-order chi connectivity index (χ1) is 12.2. The standard InChI is InChI=1S/C22H32O4/c1-5-26-17-12-16(23)19(24)15(20(17)25)13-22(4)14(2)9-11-21(3)10-7-6-8-18(21)22/h12,14,18,24H,5-11,13H2,1-4H3. The van der Waals surface area contributed by atoms with Crippen LogP contribution in [0.15, 0.2) is 23.2 Å². The van der Waals surface area contributed by atoms with Gasteiger partial charge in [0.2, 0.25) is 11.6 Å². The maximum absolute atomic E-state index is 12.9. The lowest BCUT2D eigenvalue weighted by Gasteiger charge is -2.58. The smallest absolute Gasteiger partial charge is 0.227 e. The van der Waals surface area contributed by atoms with E-state index in [1.807, 2.05) is 0 Å². The Balaban J connectivity index is 1.95. The van der Waals surface area contributed by atoms with Crippen LogP contribution in [0.5, 0.6) is 0 Å². The zero-order valence-electron chi connectivity index (χ0n) is 16.6. The number of aliphatic hydroxyl groups excluding tert-OH is 1. The van der Waals surface area contributed by atoms with Crippen molar-refractivity contribution in [2.45, 2.75) is 72.6 Å². The van der Waals surface area contributed by atoms with Gasteiger partial charge in [-0.15, -0.1) is 0 Å². The number of allylic oxidation sites excluding steroid dienone is 2. The number of rotatable bonds is 4. The number of carbonyl (C=O) groups is 2. The van der Waals surface area contributed by atoms with Crippen LogP contribution >= 0.6 is 0 Å². The monoisotopic (exact) mass is 360 g/mol. The second-order valence-corrected chi connectivity index (χ2v) is 9.04. The fourth-order valence-corrected chi connectivity index (χ4v) is 5.81. The molecule has 0 heterocycles. The average Bonchev–Trinajstić information content (AvgIpc) is 2.61. The summed E-state index contributed by atoms with van der Waals surface area (Å²) in [4.78, 5) is 25.1. The highest BCUT2D eigenvalue weighted by atomic mass is 16.5. The van der Waals surface area contributed by atoms with Crippen LogP contribution in [0.4, 0.5) is 0 Å². The second-order valence-electron chi connectivity index (χ2n) is 9.04. The number of Topliss-reactive ketones (excluding diaryl/α,β-unsaturated/α-hetero) is 1. The lowest BCUT2D eigenvalue weighted by atomic mass is 9.47. The van der Waals surface area contributed by atoms with Crippen LogP contribution in [0, 0.1) is 22.7 Å². The van der Waals surface area contributed by atoms with Crippen molar-refractivity contribution in [3.05, 3.63) is 23.2 Å². The number of aliphatic hydroxyl groups is 1. The SMILES string of the molecule is CCOC1=CC(=O)C(O)=C(CC2(C)C(C)CCC3(C)CCCCC32)C1=O. The molecular weight excluding hydrogens is 328 g/mol. The molecule has 3 rings (SSSR count). The van der Waals surface area contributed by atoms with Crippen LogP contribution in [-0.4, -0.2) is 23.3 Å². The molecule has 3 aliphatic rings. The van der Waals surface area contributed by atoms with E-state index >= 15 is 0 Å². The molecule has 0 amide bonds. The topological polar surface area (TPSA) is 63.6 Å². The van der Waals surface area contributed by atoms with E-state index in [1.165, 1.54) is 32.1 Å². The van der Waals surface area contributed by atoms with E-state index in [9.17, 15) is 14.7 Å². The highest BCUT2D eigenvalue weighted by Gasteiger charge is 2.53. The van der Waals surface area contributed by atoms with Crippen LogP contribution in [0.1, 0.15) is 72.6 Å². The molecule has 0 aromatic carbocycles. The minimum Gasteiger partial charge on any atom is -0.504 e. The van der Waals surface area contributed by atoms with Crippen molar-refractivity contribution in [2.24, 2.45) is 22.7 Å². The molecular formula is C22H32O4. The molecule has 144 valence electrons. The molecule has 26 heavy (non-hydrogen) atoms. The normalized spacial score (nSPS) is 38.1. The Labute approximate surface area is 156 Å². The van der Waals surface area contributed by atoms with Gasteiger partial charge in [0.25, 0.3) is 0 Å². The molecule has 4 nitrogen and oxygen atoms in total. The van der Waals surface area contributed by atoms with E-state index in [-0.39, 0.29) is 28.3 Å². The number of hydrogen-bond donors (Lipinski definition) is 1. The first-order valence-electron chi connectivity index (χ1n) is 10.1. The van der Waals surface area contributed by atoms with Crippen molar-refractivity contribution < 1.29 is 19.4 Å². The van der Waals surface area contributed by atoms with Crippen LogP contribution < -0.4 is 0 Å². The molecule has 0 radical (unpaired) electrons. The zero-order valence-corrected chi connectivity index (χ0v) is 16.6. The molecule has 4 unspecified atom stereocenters. The molecule has 0 aromatic heterocycles. The van der Waals surface area contributed by atoms with Crippen molar-refractivity contribution in [3.63, 3.8) is 0 Å². The molecule has 0 aromatic rings. The van der Waals surface area contributed by atoms with Crippen molar-refractivity contribution >= 4 is 11.6 Å². The Kier molecular flexibility index (Phi) is 5.06. The quantitative estimate of drug-likeness (QED) is 0.725. The van der Waals surface area contributed by atoms with E-state index in [0.717, 1.165) is 12.5 Å². The van der Waals surface area contributed by atoms with E-state index in [0.29, 0.717) is 30.3 Å². The predicted octanol–water partition coefficient (Wildman–Crippen LogP) is 4.89.